The number of para-hydroxylation sites is 1. The van der Waals surface area contributed by atoms with Crippen molar-refractivity contribution >= 4 is 17.8 Å². The Kier molecular flexibility index (Phi) is 7.42. The summed E-state index contributed by atoms with van der Waals surface area (Å²) in [4.78, 5) is 36.0. The normalized spacial score (nSPS) is 10.8. The van der Waals surface area contributed by atoms with E-state index in [1.54, 1.807) is 20.2 Å². The predicted molar refractivity (Wildman–Crippen MR) is 93.3 cm³/mol. The quantitative estimate of drug-likeness (QED) is 0.745. The lowest BCUT2D eigenvalue weighted by molar-refractivity contribution is -0.150. The molecule has 0 aliphatic carbocycles. The summed E-state index contributed by atoms with van der Waals surface area (Å²) in [5.74, 6) is -0.841. The van der Waals surface area contributed by atoms with E-state index in [2.05, 4.69) is 5.32 Å². The lowest BCUT2D eigenvalue weighted by atomic mass is 9.86. The summed E-state index contributed by atoms with van der Waals surface area (Å²) in [6, 6.07) is 7.46. The van der Waals surface area contributed by atoms with E-state index in [1.165, 1.54) is 4.90 Å². The summed E-state index contributed by atoms with van der Waals surface area (Å²) >= 11 is 0. The van der Waals surface area contributed by atoms with Gasteiger partial charge in [-0.15, -0.1) is 0 Å². The molecular weight excluding hydrogens is 324 g/mol. The van der Waals surface area contributed by atoms with Gasteiger partial charge in [-0.1, -0.05) is 39.0 Å². The summed E-state index contributed by atoms with van der Waals surface area (Å²) in [7, 11) is 3.17. The van der Waals surface area contributed by atoms with Gasteiger partial charge >= 0.3 is 5.97 Å². The minimum atomic E-state index is -0.655. The molecule has 1 N–H and O–H groups in total. The Morgan fingerprint density at radius 2 is 1.72 bits per heavy atom. The molecule has 0 aliphatic heterocycles. The van der Waals surface area contributed by atoms with E-state index < -0.39 is 18.5 Å². The van der Waals surface area contributed by atoms with E-state index in [1.807, 2.05) is 39.0 Å². The Morgan fingerprint density at radius 1 is 1.08 bits per heavy atom. The summed E-state index contributed by atoms with van der Waals surface area (Å²) < 4.78 is 10.4. The van der Waals surface area contributed by atoms with Gasteiger partial charge in [0, 0.05) is 14.1 Å². The van der Waals surface area contributed by atoms with Crippen molar-refractivity contribution in [3.63, 3.8) is 0 Å². The molecule has 2 amide bonds. The molecule has 0 atom stereocenters. The number of likely N-dealkylation sites (N-methyl/N-ethyl adjacent to an activating group) is 1. The molecule has 0 fully saturated rings. The molecule has 0 aromatic heterocycles. The summed E-state index contributed by atoms with van der Waals surface area (Å²) in [6.07, 6.45) is 0. The van der Waals surface area contributed by atoms with Crippen LogP contribution in [0.3, 0.4) is 0 Å². The largest absolute Gasteiger partial charge is 0.482 e. The van der Waals surface area contributed by atoms with Crippen LogP contribution in [0.2, 0.25) is 0 Å². The first-order chi connectivity index (χ1) is 11.6. The average molecular weight is 350 g/mol. The number of nitrogens with one attached hydrogen (secondary N) is 1. The first-order valence-electron chi connectivity index (χ1n) is 7.96. The van der Waals surface area contributed by atoms with Gasteiger partial charge in [0.25, 0.3) is 5.91 Å². The Hall–Kier alpha value is -2.57. The van der Waals surface area contributed by atoms with Crippen LogP contribution in [0.1, 0.15) is 26.3 Å². The third-order valence-electron chi connectivity index (χ3n) is 3.34. The first-order valence-corrected chi connectivity index (χ1v) is 7.96. The van der Waals surface area contributed by atoms with E-state index in [9.17, 15) is 14.4 Å². The highest BCUT2D eigenvalue weighted by Crippen LogP contribution is 2.30. The maximum absolute atomic E-state index is 11.7. The number of carbonyl (C=O) groups excluding carboxylic acids is 3. The van der Waals surface area contributed by atoms with Gasteiger partial charge in [0.05, 0.1) is 6.54 Å². The third kappa shape index (κ3) is 7.24. The number of esters is 1. The third-order valence-corrected chi connectivity index (χ3v) is 3.34. The topological polar surface area (TPSA) is 84.9 Å². The fourth-order valence-corrected chi connectivity index (χ4v) is 1.92. The van der Waals surface area contributed by atoms with E-state index in [-0.39, 0.29) is 24.5 Å². The van der Waals surface area contributed by atoms with Crippen LogP contribution < -0.4 is 10.1 Å². The zero-order chi connectivity index (χ0) is 19.0. The van der Waals surface area contributed by atoms with Gasteiger partial charge in [-0.2, -0.15) is 0 Å². The molecule has 1 rings (SSSR count). The second-order valence-electron chi connectivity index (χ2n) is 6.76. The number of rotatable bonds is 7. The SMILES string of the molecule is CN(C)C(=O)CNC(=O)COC(=O)COc1ccccc1C(C)(C)C. The second-order valence-corrected chi connectivity index (χ2v) is 6.76. The molecule has 7 heteroatoms. The highest BCUT2D eigenvalue weighted by molar-refractivity contribution is 5.86. The van der Waals surface area contributed by atoms with E-state index in [0.717, 1.165) is 5.56 Å². The zero-order valence-corrected chi connectivity index (χ0v) is 15.4. The zero-order valence-electron chi connectivity index (χ0n) is 15.4. The van der Waals surface area contributed by atoms with Crippen LogP contribution in [0.15, 0.2) is 24.3 Å². The van der Waals surface area contributed by atoms with E-state index in [0.29, 0.717) is 5.75 Å². The number of carbonyl (C=O) groups is 3. The first kappa shape index (κ1) is 20.5. The Labute approximate surface area is 148 Å². The molecule has 7 nitrogen and oxygen atoms in total. The number of amides is 2. The molecule has 138 valence electrons. The van der Waals surface area contributed by atoms with Crippen LogP contribution in [-0.2, 0) is 24.5 Å². The van der Waals surface area contributed by atoms with Crippen molar-refractivity contribution in [2.75, 3.05) is 33.9 Å². The maximum Gasteiger partial charge on any atom is 0.344 e. The summed E-state index contributed by atoms with van der Waals surface area (Å²) in [5.41, 5.74) is 0.849. The number of hydrogen-bond acceptors (Lipinski definition) is 5. The standard InChI is InChI=1S/C18H26N2O5/c1-18(2,3)13-8-6-7-9-14(13)24-12-17(23)25-11-15(21)19-10-16(22)20(4)5/h6-9H,10-12H2,1-5H3,(H,19,21). The van der Waals surface area contributed by atoms with Crippen LogP contribution >= 0.6 is 0 Å². The van der Waals surface area contributed by atoms with Crippen LogP contribution in [0.25, 0.3) is 0 Å². The Balaban J connectivity index is 2.41. The van der Waals surface area contributed by atoms with Crippen LogP contribution in [0.5, 0.6) is 5.75 Å². The summed E-state index contributed by atoms with van der Waals surface area (Å²) in [5, 5.41) is 2.37. The van der Waals surface area contributed by atoms with E-state index >= 15 is 0 Å². The molecule has 0 saturated heterocycles. The van der Waals surface area contributed by atoms with Gasteiger partial charge in [0.2, 0.25) is 5.91 Å². The molecule has 0 unspecified atom stereocenters. The molecule has 1 aromatic carbocycles. The van der Waals surface area contributed by atoms with Crippen molar-refractivity contribution in [2.24, 2.45) is 0 Å². The molecule has 0 aliphatic rings. The van der Waals surface area contributed by atoms with Crippen LogP contribution in [0.4, 0.5) is 0 Å². The fourth-order valence-electron chi connectivity index (χ4n) is 1.92. The van der Waals surface area contributed by atoms with Gasteiger partial charge in [-0.05, 0) is 17.0 Å². The van der Waals surface area contributed by atoms with Crippen molar-refractivity contribution in [3.05, 3.63) is 29.8 Å². The minimum absolute atomic E-state index is 0.126. The second kappa shape index (κ2) is 9.05. The lowest BCUT2D eigenvalue weighted by Crippen LogP contribution is -2.38. The lowest BCUT2D eigenvalue weighted by Gasteiger charge is -2.22. The van der Waals surface area contributed by atoms with Gasteiger partial charge in [0.1, 0.15) is 5.75 Å². The van der Waals surface area contributed by atoms with Crippen molar-refractivity contribution in [2.45, 2.75) is 26.2 Å². The molecule has 0 spiro atoms. The van der Waals surface area contributed by atoms with Crippen molar-refractivity contribution in [3.8, 4) is 5.75 Å². The van der Waals surface area contributed by atoms with E-state index in [4.69, 9.17) is 9.47 Å². The van der Waals surface area contributed by atoms with Crippen LogP contribution in [-0.4, -0.2) is 56.5 Å². The molecule has 0 saturated carbocycles. The molecule has 0 bridgehead atoms. The molecular formula is C18H26N2O5. The maximum atomic E-state index is 11.7. The van der Waals surface area contributed by atoms with Gasteiger partial charge in [-0.3, -0.25) is 9.59 Å². The molecule has 0 heterocycles. The number of benzene rings is 1. The number of hydrogen-bond donors (Lipinski definition) is 1. The van der Waals surface area contributed by atoms with Crippen molar-refractivity contribution < 1.29 is 23.9 Å². The Morgan fingerprint density at radius 3 is 2.32 bits per heavy atom. The number of ether oxygens (including phenoxy) is 2. The summed E-state index contributed by atoms with van der Waals surface area (Å²) in [6.45, 7) is 5.26. The predicted octanol–water partition coefficient (Wildman–Crippen LogP) is 1.11. The highest BCUT2D eigenvalue weighted by Gasteiger charge is 2.19. The molecule has 25 heavy (non-hydrogen) atoms. The monoisotopic (exact) mass is 350 g/mol. The van der Waals surface area contributed by atoms with Gasteiger partial charge in [-0.25, -0.2) is 4.79 Å². The average Bonchev–Trinajstić information content (AvgIpc) is 2.55. The Bertz CT molecular complexity index is 620. The van der Waals surface area contributed by atoms with Gasteiger partial charge < -0.3 is 19.7 Å². The molecule has 0 radical (unpaired) electrons. The van der Waals surface area contributed by atoms with Crippen molar-refractivity contribution in [1.82, 2.24) is 10.2 Å². The highest BCUT2D eigenvalue weighted by atomic mass is 16.6. The molecule has 1 aromatic rings. The minimum Gasteiger partial charge on any atom is -0.482 e. The van der Waals surface area contributed by atoms with Crippen LogP contribution in [0, 0.1) is 0 Å². The number of nitrogens with zero attached hydrogens (tertiary/aromatic N) is 1. The van der Waals surface area contributed by atoms with Gasteiger partial charge in [0.15, 0.2) is 13.2 Å². The van der Waals surface area contributed by atoms with Crippen molar-refractivity contribution in [1.29, 1.82) is 0 Å². The smallest absolute Gasteiger partial charge is 0.344 e. The fraction of sp³-hybridized carbons (Fsp3) is 0.500.